The minimum absolute atomic E-state index is 0. The van der Waals surface area contributed by atoms with Gasteiger partial charge in [0, 0.05) is 19.0 Å². The molecule has 0 aromatic heterocycles. The standard InChI is InChI=1S/C6H12O4.H3N/c1-6(10,2-3-7)4-5(8)9;/h7,10H,2-4H2,1H3,(H,8,9);1H3/t6-;/m1./s1. The number of aliphatic carboxylic acids is 1. The van der Waals surface area contributed by atoms with Crippen LogP contribution in [0.1, 0.15) is 19.8 Å². The third kappa shape index (κ3) is 7.24. The zero-order valence-electron chi connectivity index (χ0n) is 6.83. The highest BCUT2D eigenvalue weighted by molar-refractivity contribution is 5.65. The first-order valence-electron chi connectivity index (χ1n) is 3.01. The van der Waals surface area contributed by atoms with Gasteiger partial charge >= 0.3 is 0 Å². The highest BCUT2D eigenvalue weighted by Gasteiger charge is 2.19. The van der Waals surface area contributed by atoms with Gasteiger partial charge in [-0.05, 0) is 13.3 Å². The SMILES string of the molecule is C[C@@](O)(CCO)CC(=O)[O-].[NH4+]. The molecule has 0 saturated heterocycles. The van der Waals surface area contributed by atoms with E-state index in [4.69, 9.17) is 10.2 Å². The second kappa shape index (κ2) is 5.06. The van der Waals surface area contributed by atoms with E-state index in [1.807, 2.05) is 0 Å². The van der Waals surface area contributed by atoms with Crippen LogP contribution in [0.25, 0.3) is 0 Å². The summed E-state index contributed by atoms with van der Waals surface area (Å²) in [6.45, 7) is 1.12. The molecule has 0 aromatic rings. The average molecular weight is 165 g/mol. The van der Waals surface area contributed by atoms with Crippen LogP contribution in [0.15, 0.2) is 0 Å². The van der Waals surface area contributed by atoms with Gasteiger partial charge in [0.2, 0.25) is 0 Å². The molecule has 0 aliphatic carbocycles. The minimum atomic E-state index is -1.34. The van der Waals surface area contributed by atoms with Gasteiger partial charge in [0.1, 0.15) is 0 Å². The fourth-order valence-corrected chi connectivity index (χ4v) is 0.640. The Kier molecular flexibility index (Phi) is 5.97. The molecule has 0 aromatic carbocycles. The predicted octanol–water partition coefficient (Wildman–Crippen LogP) is -1.36. The quantitative estimate of drug-likeness (QED) is 0.476. The summed E-state index contributed by atoms with van der Waals surface area (Å²) in [5, 5.41) is 27.4. The molecule has 0 saturated carbocycles. The van der Waals surface area contributed by atoms with Crippen LogP contribution in [-0.4, -0.2) is 28.4 Å². The summed E-state index contributed by atoms with van der Waals surface area (Å²) in [6, 6.07) is 0. The molecule has 1 atom stereocenters. The lowest BCUT2D eigenvalue weighted by Gasteiger charge is -2.22. The summed E-state index contributed by atoms with van der Waals surface area (Å²) >= 11 is 0. The Hall–Kier alpha value is -0.650. The molecular weight excluding hydrogens is 150 g/mol. The number of aliphatic hydroxyl groups is 2. The first-order valence-corrected chi connectivity index (χ1v) is 3.01. The van der Waals surface area contributed by atoms with Crippen molar-refractivity contribution in [3.05, 3.63) is 0 Å². The maximum Gasteiger partial charge on any atom is 0.0693 e. The summed E-state index contributed by atoms with van der Waals surface area (Å²) in [5.74, 6) is -1.31. The lowest BCUT2D eigenvalue weighted by atomic mass is 9.99. The van der Waals surface area contributed by atoms with Gasteiger partial charge in [0.25, 0.3) is 0 Å². The molecule has 11 heavy (non-hydrogen) atoms. The number of aliphatic hydroxyl groups excluding tert-OH is 1. The topological polar surface area (TPSA) is 117 Å². The van der Waals surface area contributed by atoms with Gasteiger partial charge in [-0.3, -0.25) is 0 Å². The molecule has 0 unspecified atom stereocenters. The van der Waals surface area contributed by atoms with Crippen LogP contribution < -0.4 is 11.3 Å². The maximum atomic E-state index is 9.94. The van der Waals surface area contributed by atoms with Gasteiger partial charge in [-0.1, -0.05) is 0 Å². The van der Waals surface area contributed by atoms with E-state index in [-0.39, 0.29) is 19.2 Å². The Bertz CT molecular complexity index is 124. The van der Waals surface area contributed by atoms with E-state index in [2.05, 4.69) is 0 Å². The minimum Gasteiger partial charge on any atom is -0.550 e. The Balaban J connectivity index is 0. The fourth-order valence-electron chi connectivity index (χ4n) is 0.640. The molecule has 68 valence electrons. The molecular formula is C6H15NO4. The number of carbonyl (C=O) groups is 1. The molecule has 0 heterocycles. The van der Waals surface area contributed by atoms with Gasteiger partial charge in [-0.25, -0.2) is 0 Å². The molecule has 0 aliphatic heterocycles. The van der Waals surface area contributed by atoms with Crippen molar-refractivity contribution < 1.29 is 20.1 Å². The fraction of sp³-hybridized carbons (Fsp3) is 0.833. The second-order valence-electron chi connectivity index (χ2n) is 2.52. The lowest BCUT2D eigenvalue weighted by molar-refractivity contribution is -0.309. The number of carboxylic acid groups (broad SMARTS) is 1. The van der Waals surface area contributed by atoms with Gasteiger partial charge < -0.3 is 26.3 Å². The van der Waals surface area contributed by atoms with Crippen molar-refractivity contribution in [2.75, 3.05) is 6.61 Å². The molecule has 0 bridgehead atoms. The number of hydrogen-bond donors (Lipinski definition) is 3. The number of carbonyl (C=O) groups excluding carboxylic acids is 1. The Morgan fingerprint density at radius 1 is 1.64 bits per heavy atom. The molecule has 0 amide bonds. The third-order valence-corrected chi connectivity index (χ3v) is 1.18. The molecule has 0 spiro atoms. The Morgan fingerprint density at radius 2 is 2.09 bits per heavy atom. The van der Waals surface area contributed by atoms with Crippen molar-refractivity contribution in [2.45, 2.75) is 25.4 Å². The lowest BCUT2D eigenvalue weighted by Crippen LogP contribution is -2.35. The monoisotopic (exact) mass is 165 g/mol. The van der Waals surface area contributed by atoms with Gasteiger partial charge in [0.15, 0.2) is 0 Å². The molecule has 5 heteroatoms. The van der Waals surface area contributed by atoms with E-state index in [0.717, 1.165) is 0 Å². The van der Waals surface area contributed by atoms with Crippen LogP contribution in [0.5, 0.6) is 0 Å². The molecule has 6 N–H and O–H groups in total. The molecule has 0 rings (SSSR count). The highest BCUT2D eigenvalue weighted by Crippen LogP contribution is 2.12. The molecule has 0 fully saturated rings. The highest BCUT2D eigenvalue weighted by atomic mass is 16.4. The van der Waals surface area contributed by atoms with Crippen LogP contribution in [0.3, 0.4) is 0 Å². The largest absolute Gasteiger partial charge is 0.550 e. The van der Waals surface area contributed by atoms with Crippen LogP contribution in [0.2, 0.25) is 0 Å². The zero-order valence-corrected chi connectivity index (χ0v) is 6.83. The van der Waals surface area contributed by atoms with Crippen molar-refractivity contribution in [1.82, 2.24) is 6.15 Å². The summed E-state index contributed by atoms with van der Waals surface area (Å²) < 4.78 is 0. The zero-order chi connectivity index (χ0) is 8.20. The van der Waals surface area contributed by atoms with Crippen molar-refractivity contribution in [3.63, 3.8) is 0 Å². The normalized spacial score (nSPS) is 14.8. The Morgan fingerprint density at radius 3 is 2.36 bits per heavy atom. The van der Waals surface area contributed by atoms with Crippen molar-refractivity contribution >= 4 is 5.97 Å². The summed E-state index contributed by atoms with van der Waals surface area (Å²) in [5.41, 5.74) is -1.34. The van der Waals surface area contributed by atoms with Crippen molar-refractivity contribution in [3.8, 4) is 0 Å². The van der Waals surface area contributed by atoms with E-state index in [1.54, 1.807) is 0 Å². The van der Waals surface area contributed by atoms with Gasteiger partial charge in [0.05, 0.1) is 5.60 Å². The van der Waals surface area contributed by atoms with Crippen molar-refractivity contribution in [1.29, 1.82) is 0 Å². The van der Waals surface area contributed by atoms with Gasteiger partial charge in [-0.2, -0.15) is 0 Å². The van der Waals surface area contributed by atoms with Gasteiger partial charge in [-0.15, -0.1) is 0 Å². The maximum absolute atomic E-state index is 9.94. The predicted molar refractivity (Wildman–Crippen MR) is 37.9 cm³/mol. The summed E-state index contributed by atoms with van der Waals surface area (Å²) in [7, 11) is 0. The van der Waals surface area contributed by atoms with Crippen LogP contribution in [0.4, 0.5) is 0 Å². The average Bonchev–Trinajstić information content (AvgIpc) is 1.59. The summed E-state index contributed by atoms with van der Waals surface area (Å²) in [4.78, 5) is 9.94. The van der Waals surface area contributed by atoms with Crippen LogP contribution in [0, 0.1) is 0 Å². The second-order valence-corrected chi connectivity index (χ2v) is 2.52. The third-order valence-electron chi connectivity index (χ3n) is 1.18. The smallest absolute Gasteiger partial charge is 0.0693 e. The number of rotatable bonds is 4. The number of hydrogen-bond acceptors (Lipinski definition) is 4. The molecule has 0 aliphatic rings. The Labute approximate surface area is 65.2 Å². The van der Waals surface area contributed by atoms with E-state index in [9.17, 15) is 9.90 Å². The summed E-state index contributed by atoms with van der Waals surface area (Å²) in [6.07, 6.45) is -0.380. The molecule has 0 radical (unpaired) electrons. The van der Waals surface area contributed by atoms with E-state index >= 15 is 0 Å². The number of quaternary nitrogens is 1. The first kappa shape index (κ1) is 13.0. The molecule has 5 nitrogen and oxygen atoms in total. The number of carboxylic acids is 1. The van der Waals surface area contributed by atoms with Crippen molar-refractivity contribution in [2.24, 2.45) is 0 Å². The first-order chi connectivity index (χ1) is 4.48. The van der Waals surface area contributed by atoms with E-state index in [1.165, 1.54) is 6.92 Å². The van der Waals surface area contributed by atoms with Crippen LogP contribution in [-0.2, 0) is 4.79 Å². The van der Waals surface area contributed by atoms with E-state index < -0.39 is 18.0 Å². The van der Waals surface area contributed by atoms with E-state index in [0.29, 0.717) is 0 Å². The van der Waals surface area contributed by atoms with Crippen LogP contribution >= 0.6 is 0 Å².